The van der Waals surface area contributed by atoms with E-state index in [2.05, 4.69) is 0 Å². The number of hydrogen-bond donors (Lipinski definition) is 1. The number of halogens is 1. The van der Waals surface area contributed by atoms with E-state index in [1.54, 1.807) is 53.4 Å². The van der Waals surface area contributed by atoms with Crippen LogP contribution in [0.2, 0.25) is 5.02 Å². The zero-order valence-electron chi connectivity index (χ0n) is 15.9. The first-order chi connectivity index (χ1) is 13.4. The Balaban J connectivity index is 2.07. The van der Waals surface area contributed by atoms with E-state index in [9.17, 15) is 14.7 Å². The topological polar surface area (TPSA) is 60.9 Å². The summed E-state index contributed by atoms with van der Waals surface area (Å²) in [6.07, 6.45) is 0.718. The van der Waals surface area contributed by atoms with Crippen molar-refractivity contribution < 1.29 is 14.7 Å². The van der Waals surface area contributed by atoms with Gasteiger partial charge >= 0.3 is 0 Å². The Labute approximate surface area is 169 Å². The highest BCUT2D eigenvalue weighted by Crippen LogP contribution is 2.39. The lowest BCUT2D eigenvalue weighted by Gasteiger charge is -2.26. The maximum Gasteiger partial charge on any atom is 0.295 e. The molecule has 146 valence electrons. The molecular weight excluding hydrogens is 376 g/mol. The molecule has 28 heavy (non-hydrogen) atoms. The molecule has 6 heteroatoms. The number of aliphatic hydroxyl groups excluding tert-OH is 1. The second kappa shape index (κ2) is 8.59. The first-order valence-electron chi connectivity index (χ1n) is 9.14. The Kier molecular flexibility index (Phi) is 6.17. The van der Waals surface area contributed by atoms with Crippen molar-refractivity contribution >= 4 is 29.1 Å². The number of carbonyl (C=O) groups excluding carboxylic acids is 2. The van der Waals surface area contributed by atoms with E-state index in [1.807, 2.05) is 25.1 Å². The van der Waals surface area contributed by atoms with Gasteiger partial charge in [0.05, 0.1) is 11.6 Å². The van der Waals surface area contributed by atoms with Crippen molar-refractivity contribution in [1.29, 1.82) is 0 Å². The molecule has 0 radical (unpaired) electrons. The molecule has 0 spiro atoms. The maximum absolute atomic E-state index is 12.8. The number of ketones is 1. The lowest BCUT2D eigenvalue weighted by atomic mass is 9.95. The Hall–Kier alpha value is -2.63. The summed E-state index contributed by atoms with van der Waals surface area (Å²) < 4.78 is 0. The molecule has 0 aromatic heterocycles. The van der Waals surface area contributed by atoms with Gasteiger partial charge in [0.25, 0.3) is 11.7 Å². The Bertz CT molecular complexity index is 892. The highest BCUT2D eigenvalue weighted by molar-refractivity contribution is 6.46. The molecule has 2 aromatic carbocycles. The molecule has 0 aliphatic carbocycles. The molecule has 1 aliphatic rings. The van der Waals surface area contributed by atoms with Gasteiger partial charge in [-0.25, -0.2) is 0 Å². The van der Waals surface area contributed by atoms with Gasteiger partial charge in [-0.2, -0.15) is 0 Å². The number of aliphatic hydroxyl groups is 1. The van der Waals surface area contributed by atoms with Gasteiger partial charge in [0.15, 0.2) is 0 Å². The molecule has 5 nitrogen and oxygen atoms in total. The van der Waals surface area contributed by atoms with E-state index in [0.717, 1.165) is 18.5 Å². The summed E-state index contributed by atoms with van der Waals surface area (Å²) in [4.78, 5) is 29.2. The Morgan fingerprint density at radius 1 is 1.07 bits per heavy atom. The number of hydrogen-bond acceptors (Lipinski definition) is 4. The van der Waals surface area contributed by atoms with Crippen molar-refractivity contribution in [3.05, 3.63) is 76.3 Å². The predicted molar refractivity (Wildman–Crippen MR) is 110 cm³/mol. The largest absolute Gasteiger partial charge is 0.507 e. The SMILES string of the molecule is CN(C)CCCN1C(=O)C(=O)/C(=C(/O)c2ccccc2)C1c1ccc(Cl)cc1. The summed E-state index contributed by atoms with van der Waals surface area (Å²) in [6, 6.07) is 15.2. The average Bonchev–Trinajstić information content (AvgIpc) is 2.93. The van der Waals surface area contributed by atoms with Gasteiger partial charge < -0.3 is 14.9 Å². The third-order valence-electron chi connectivity index (χ3n) is 4.78. The number of carbonyl (C=O) groups is 2. The normalized spacial score (nSPS) is 18.9. The van der Waals surface area contributed by atoms with Crippen LogP contribution in [0.4, 0.5) is 0 Å². The molecule has 2 aromatic rings. The summed E-state index contributed by atoms with van der Waals surface area (Å²) in [6.45, 7) is 1.20. The van der Waals surface area contributed by atoms with Crippen molar-refractivity contribution in [1.82, 2.24) is 9.80 Å². The van der Waals surface area contributed by atoms with Crippen LogP contribution in [0.1, 0.15) is 23.6 Å². The second-order valence-electron chi connectivity index (χ2n) is 7.07. The van der Waals surface area contributed by atoms with Gasteiger partial charge in [-0.1, -0.05) is 54.1 Å². The summed E-state index contributed by atoms with van der Waals surface area (Å²) in [7, 11) is 3.92. The van der Waals surface area contributed by atoms with Crippen molar-refractivity contribution in [2.45, 2.75) is 12.5 Å². The van der Waals surface area contributed by atoms with Crippen LogP contribution in [0.25, 0.3) is 5.76 Å². The predicted octanol–water partition coefficient (Wildman–Crippen LogP) is 3.71. The van der Waals surface area contributed by atoms with E-state index in [1.165, 1.54) is 0 Å². The van der Waals surface area contributed by atoms with Crippen LogP contribution >= 0.6 is 11.6 Å². The Morgan fingerprint density at radius 3 is 2.32 bits per heavy atom. The summed E-state index contributed by atoms with van der Waals surface area (Å²) in [5.74, 6) is -1.41. The minimum Gasteiger partial charge on any atom is -0.507 e. The highest BCUT2D eigenvalue weighted by Gasteiger charge is 2.45. The number of nitrogens with zero attached hydrogens (tertiary/aromatic N) is 2. The summed E-state index contributed by atoms with van der Waals surface area (Å²) in [5, 5.41) is 11.4. The standard InChI is InChI=1S/C22H23ClN2O3/c1-24(2)13-6-14-25-19(15-9-11-17(23)12-10-15)18(21(27)22(25)28)20(26)16-7-4-3-5-8-16/h3-5,7-12,19,26H,6,13-14H2,1-2H3/b20-18+. The van der Waals surface area contributed by atoms with Crippen LogP contribution in [0.5, 0.6) is 0 Å². The van der Waals surface area contributed by atoms with Crippen molar-refractivity contribution in [2.75, 3.05) is 27.2 Å². The summed E-state index contributed by atoms with van der Waals surface area (Å²) in [5.41, 5.74) is 1.36. The number of rotatable bonds is 6. The minimum atomic E-state index is -0.661. The minimum absolute atomic E-state index is 0.114. The third kappa shape index (κ3) is 4.11. The van der Waals surface area contributed by atoms with Crippen LogP contribution in [-0.4, -0.2) is 53.8 Å². The van der Waals surface area contributed by atoms with Gasteiger partial charge in [-0.05, 0) is 44.8 Å². The van der Waals surface area contributed by atoms with E-state index < -0.39 is 17.7 Å². The van der Waals surface area contributed by atoms with Gasteiger partial charge in [0.1, 0.15) is 5.76 Å². The fraction of sp³-hybridized carbons (Fsp3) is 0.273. The van der Waals surface area contributed by atoms with Crippen LogP contribution in [-0.2, 0) is 9.59 Å². The molecular formula is C22H23ClN2O3. The van der Waals surface area contributed by atoms with Gasteiger partial charge in [0.2, 0.25) is 0 Å². The van der Waals surface area contributed by atoms with E-state index in [4.69, 9.17) is 11.6 Å². The van der Waals surface area contributed by atoms with E-state index in [0.29, 0.717) is 17.1 Å². The lowest BCUT2D eigenvalue weighted by Crippen LogP contribution is -2.32. The number of likely N-dealkylation sites (tertiary alicyclic amines) is 1. The molecule has 0 saturated carbocycles. The van der Waals surface area contributed by atoms with E-state index in [-0.39, 0.29) is 11.3 Å². The first kappa shape index (κ1) is 20.1. The van der Waals surface area contributed by atoms with Crippen LogP contribution in [0.15, 0.2) is 60.2 Å². The average molecular weight is 399 g/mol. The molecule has 1 saturated heterocycles. The monoisotopic (exact) mass is 398 g/mol. The van der Waals surface area contributed by atoms with Crippen LogP contribution < -0.4 is 0 Å². The maximum atomic E-state index is 12.8. The molecule has 1 atom stereocenters. The highest BCUT2D eigenvalue weighted by atomic mass is 35.5. The van der Waals surface area contributed by atoms with Gasteiger partial charge in [0, 0.05) is 17.1 Å². The first-order valence-corrected chi connectivity index (χ1v) is 9.52. The number of benzene rings is 2. The fourth-order valence-electron chi connectivity index (χ4n) is 3.41. The lowest BCUT2D eigenvalue weighted by molar-refractivity contribution is -0.139. The molecule has 0 bridgehead atoms. The zero-order chi connectivity index (χ0) is 20.3. The van der Waals surface area contributed by atoms with Gasteiger partial charge in [-0.3, -0.25) is 9.59 Å². The second-order valence-corrected chi connectivity index (χ2v) is 7.50. The Morgan fingerprint density at radius 2 is 1.71 bits per heavy atom. The summed E-state index contributed by atoms with van der Waals surface area (Å²) >= 11 is 6.01. The molecule has 1 aliphatic heterocycles. The van der Waals surface area contributed by atoms with Crippen molar-refractivity contribution in [3.63, 3.8) is 0 Å². The van der Waals surface area contributed by atoms with Crippen molar-refractivity contribution in [2.24, 2.45) is 0 Å². The third-order valence-corrected chi connectivity index (χ3v) is 5.03. The molecule has 1 N–H and O–H groups in total. The molecule has 1 heterocycles. The van der Waals surface area contributed by atoms with E-state index >= 15 is 0 Å². The number of amides is 1. The van der Waals surface area contributed by atoms with Crippen LogP contribution in [0.3, 0.4) is 0 Å². The van der Waals surface area contributed by atoms with Crippen molar-refractivity contribution in [3.8, 4) is 0 Å². The quantitative estimate of drug-likeness (QED) is 0.457. The number of Topliss-reactive ketones (excluding diaryl/α,β-unsaturated/α-hetero) is 1. The molecule has 1 amide bonds. The molecule has 3 rings (SSSR count). The smallest absolute Gasteiger partial charge is 0.295 e. The van der Waals surface area contributed by atoms with Crippen LogP contribution in [0, 0.1) is 0 Å². The molecule has 1 unspecified atom stereocenters. The zero-order valence-corrected chi connectivity index (χ0v) is 16.7. The van der Waals surface area contributed by atoms with Gasteiger partial charge in [-0.15, -0.1) is 0 Å². The molecule has 1 fully saturated rings. The fourth-order valence-corrected chi connectivity index (χ4v) is 3.54.